The van der Waals surface area contributed by atoms with E-state index >= 15 is 0 Å². The highest BCUT2D eigenvalue weighted by Crippen LogP contribution is 2.14. The molecule has 0 amide bonds. The van der Waals surface area contributed by atoms with Crippen molar-refractivity contribution in [2.24, 2.45) is 4.99 Å². The fourth-order valence-corrected chi connectivity index (χ4v) is 4.34. The third-order valence-corrected chi connectivity index (χ3v) is 6.88. The maximum atomic E-state index is 12.0. The summed E-state index contributed by atoms with van der Waals surface area (Å²) in [5, 5.41) is 6.76. The molecule has 0 unspecified atom stereocenters. The molecule has 0 aliphatic carbocycles. The molecule has 0 spiro atoms. The Labute approximate surface area is 164 Å². The van der Waals surface area contributed by atoms with Crippen LogP contribution in [-0.4, -0.2) is 56.7 Å². The van der Waals surface area contributed by atoms with Gasteiger partial charge in [0.25, 0.3) is 0 Å². The third-order valence-electron chi connectivity index (χ3n) is 5.00. The Morgan fingerprint density at radius 1 is 1.11 bits per heavy atom. The van der Waals surface area contributed by atoms with Crippen LogP contribution in [0, 0.1) is 0 Å². The van der Waals surface area contributed by atoms with Gasteiger partial charge >= 0.3 is 0 Å². The van der Waals surface area contributed by atoms with E-state index in [4.69, 9.17) is 4.99 Å². The summed E-state index contributed by atoms with van der Waals surface area (Å²) in [5.74, 6) is 0.994. The predicted octanol–water partition coefficient (Wildman–Crippen LogP) is 2.16. The molecular weight excluding hydrogens is 360 g/mol. The van der Waals surface area contributed by atoms with Crippen molar-refractivity contribution >= 4 is 16.0 Å². The van der Waals surface area contributed by atoms with E-state index in [1.165, 1.54) is 11.1 Å². The van der Waals surface area contributed by atoms with Crippen molar-refractivity contribution in [3.63, 3.8) is 0 Å². The van der Waals surface area contributed by atoms with Gasteiger partial charge in [-0.1, -0.05) is 31.2 Å². The third kappa shape index (κ3) is 6.81. The molecule has 0 saturated carbocycles. The van der Waals surface area contributed by atoms with Crippen LogP contribution in [-0.2, 0) is 22.9 Å². The smallest absolute Gasteiger partial charge is 0.213 e. The van der Waals surface area contributed by atoms with Crippen LogP contribution >= 0.6 is 0 Å². The fraction of sp³-hybridized carbons (Fsp3) is 0.650. The quantitative estimate of drug-likeness (QED) is 0.523. The van der Waals surface area contributed by atoms with Crippen molar-refractivity contribution in [2.45, 2.75) is 52.5 Å². The van der Waals surface area contributed by atoms with E-state index in [1.807, 2.05) is 0 Å². The lowest BCUT2D eigenvalue weighted by molar-refractivity contribution is 0.306. The van der Waals surface area contributed by atoms with Crippen molar-refractivity contribution in [3.05, 3.63) is 35.4 Å². The summed E-state index contributed by atoms with van der Waals surface area (Å²) in [6.07, 6.45) is 3.59. The summed E-state index contributed by atoms with van der Waals surface area (Å²) in [4.78, 5) is 4.69. The molecule has 6 nitrogen and oxygen atoms in total. The van der Waals surface area contributed by atoms with Crippen LogP contribution in [0.25, 0.3) is 0 Å². The van der Waals surface area contributed by atoms with Gasteiger partial charge in [-0.05, 0) is 50.7 Å². The molecular formula is C20H34N4O2S. The van der Waals surface area contributed by atoms with Gasteiger partial charge in [-0.3, -0.25) is 4.99 Å². The Kier molecular flexibility index (Phi) is 8.57. The summed E-state index contributed by atoms with van der Waals surface area (Å²) in [6.45, 7) is 8.61. The van der Waals surface area contributed by atoms with Crippen molar-refractivity contribution in [1.29, 1.82) is 0 Å². The number of nitrogens with zero attached hydrogens (tertiary/aromatic N) is 2. The van der Waals surface area contributed by atoms with E-state index in [-0.39, 0.29) is 11.8 Å². The Balaban J connectivity index is 1.84. The highest BCUT2D eigenvalue weighted by atomic mass is 32.2. The lowest BCUT2D eigenvalue weighted by Gasteiger charge is -2.32. The van der Waals surface area contributed by atoms with E-state index in [0.29, 0.717) is 13.1 Å². The zero-order chi connectivity index (χ0) is 19.7. The lowest BCUT2D eigenvalue weighted by atomic mass is 10.1. The van der Waals surface area contributed by atoms with Crippen LogP contribution in [0.5, 0.6) is 0 Å². The number of aryl methyl sites for hydroxylation is 1. The molecule has 1 aliphatic heterocycles. The van der Waals surface area contributed by atoms with Gasteiger partial charge < -0.3 is 10.6 Å². The molecule has 1 aliphatic rings. The molecule has 0 bridgehead atoms. The number of nitrogens with one attached hydrogen (secondary N) is 2. The first kappa shape index (κ1) is 21.7. The first-order valence-electron chi connectivity index (χ1n) is 10.1. The van der Waals surface area contributed by atoms with E-state index in [1.54, 1.807) is 11.2 Å². The standard InChI is InChI=1S/C20H34N4O2S/c1-4-17-7-9-18(10-8-17)11-14-22-20(21-5-2)23-19-12-15-24(16-13-19)27(25,26)6-3/h7-10,19H,4-6,11-16H2,1-3H3,(H2,21,22,23). The second-order valence-electron chi connectivity index (χ2n) is 6.90. The number of benzene rings is 1. The molecule has 7 heteroatoms. The number of guanidine groups is 1. The van der Waals surface area contributed by atoms with E-state index in [0.717, 1.165) is 44.7 Å². The Morgan fingerprint density at radius 3 is 2.30 bits per heavy atom. The molecule has 0 radical (unpaired) electrons. The largest absolute Gasteiger partial charge is 0.357 e. The van der Waals surface area contributed by atoms with E-state index in [9.17, 15) is 8.42 Å². The lowest BCUT2D eigenvalue weighted by Crippen LogP contribution is -2.50. The van der Waals surface area contributed by atoms with Gasteiger partial charge in [0.2, 0.25) is 10.0 Å². The van der Waals surface area contributed by atoms with Crippen molar-refractivity contribution in [3.8, 4) is 0 Å². The summed E-state index contributed by atoms with van der Waals surface area (Å²) >= 11 is 0. The van der Waals surface area contributed by atoms with Crippen molar-refractivity contribution < 1.29 is 8.42 Å². The molecule has 2 N–H and O–H groups in total. The minimum absolute atomic E-state index is 0.175. The predicted molar refractivity (Wildman–Crippen MR) is 113 cm³/mol. The van der Waals surface area contributed by atoms with E-state index in [2.05, 4.69) is 48.7 Å². The molecule has 1 aromatic rings. The zero-order valence-corrected chi connectivity index (χ0v) is 17.7. The number of sulfonamides is 1. The number of hydrogen-bond donors (Lipinski definition) is 2. The van der Waals surface area contributed by atoms with Gasteiger partial charge in [0.05, 0.1) is 5.75 Å². The van der Waals surface area contributed by atoms with Gasteiger partial charge in [0.15, 0.2) is 5.96 Å². The van der Waals surface area contributed by atoms with Gasteiger partial charge in [-0.25, -0.2) is 12.7 Å². The number of aliphatic imine (C=N–C) groups is 1. The molecule has 1 aromatic carbocycles. The zero-order valence-electron chi connectivity index (χ0n) is 16.9. The van der Waals surface area contributed by atoms with Crippen LogP contribution in [0.2, 0.25) is 0 Å². The first-order valence-corrected chi connectivity index (χ1v) is 11.7. The molecule has 2 rings (SSSR count). The number of rotatable bonds is 8. The summed E-state index contributed by atoms with van der Waals surface area (Å²) < 4.78 is 25.5. The SMILES string of the molecule is CCNC(=NCCc1ccc(CC)cc1)NC1CCN(S(=O)(=O)CC)CC1. The molecule has 1 saturated heterocycles. The van der Waals surface area contributed by atoms with Crippen LogP contribution in [0.15, 0.2) is 29.3 Å². The maximum absolute atomic E-state index is 12.0. The van der Waals surface area contributed by atoms with E-state index < -0.39 is 10.0 Å². The normalized spacial score (nSPS) is 17.1. The Bertz CT molecular complexity index is 693. The highest BCUT2D eigenvalue weighted by molar-refractivity contribution is 7.89. The van der Waals surface area contributed by atoms with Crippen molar-refractivity contribution in [2.75, 3.05) is 31.9 Å². The first-order chi connectivity index (χ1) is 13.0. The van der Waals surface area contributed by atoms with Gasteiger partial charge in [0, 0.05) is 32.2 Å². The Hall–Kier alpha value is -1.60. The summed E-state index contributed by atoms with van der Waals surface area (Å²) in [7, 11) is -3.07. The summed E-state index contributed by atoms with van der Waals surface area (Å²) in [5.41, 5.74) is 2.65. The topological polar surface area (TPSA) is 73.8 Å². The molecule has 0 atom stereocenters. The molecule has 0 aromatic heterocycles. The maximum Gasteiger partial charge on any atom is 0.213 e. The van der Waals surface area contributed by atoms with Crippen LogP contribution < -0.4 is 10.6 Å². The average Bonchev–Trinajstić information content (AvgIpc) is 2.69. The second kappa shape index (κ2) is 10.7. The van der Waals surface area contributed by atoms with Crippen LogP contribution in [0.3, 0.4) is 0 Å². The summed E-state index contributed by atoms with van der Waals surface area (Å²) in [6, 6.07) is 8.98. The molecule has 1 heterocycles. The van der Waals surface area contributed by atoms with Crippen LogP contribution in [0.4, 0.5) is 0 Å². The van der Waals surface area contributed by atoms with Gasteiger partial charge in [-0.2, -0.15) is 0 Å². The van der Waals surface area contributed by atoms with Gasteiger partial charge in [0.1, 0.15) is 0 Å². The molecule has 27 heavy (non-hydrogen) atoms. The van der Waals surface area contributed by atoms with Gasteiger partial charge in [-0.15, -0.1) is 0 Å². The molecule has 1 fully saturated rings. The second-order valence-corrected chi connectivity index (χ2v) is 9.16. The fourth-order valence-electron chi connectivity index (χ4n) is 3.21. The van der Waals surface area contributed by atoms with Crippen LogP contribution in [0.1, 0.15) is 44.7 Å². The Morgan fingerprint density at radius 2 is 1.74 bits per heavy atom. The average molecular weight is 395 g/mol. The number of hydrogen-bond acceptors (Lipinski definition) is 3. The minimum Gasteiger partial charge on any atom is -0.357 e. The number of piperidine rings is 1. The monoisotopic (exact) mass is 394 g/mol. The van der Waals surface area contributed by atoms with Crippen molar-refractivity contribution in [1.82, 2.24) is 14.9 Å². The molecule has 152 valence electrons. The minimum atomic E-state index is -3.07. The highest BCUT2D eigenvalue weighted by Gasteiger charge is 2.26.